The molecule has 2 saturated heterocycles. The van der Waals surface area contributed by atoms with E-state index in [0.29, 0.717) is 19.7 Å². The number of ether oxygens (including phenoxy) is 1. The Bertz CT molecular complexity index is 732. The van der Waals surface area contributed by atoms with Gasteiger partial charge in [0.25, 0.3) is 0 Å². The zero-order chi connectivity index (χ0) is 16.6. The molecular weight excluding hydrogens is 308 g/mol. The lowest BCUT2D eigenvalue weighted by molar-refractivity contribution is 0.0406. The number of piperazine rings is 1. The van der Waals surface area contributed by atoms with Crippen LogP contribution in [0.25, 0.3) is 11.4 Å². The quantitative estimate of drug-likeness (QED) is 0.856. The van der Waals surface area contributed by atoms with Crippen molar-refractivity contribution in [1.82, 2.24) is 19.9 Å². The Hall–Kier alpha value is -2.41. The van der Waals surface area contributed by atoms with Crippen LogP contribution in [0.4, 0.5) is 4.79 Å². The summed E-state index contributed by atoms with van der Waals surface area (Å²) in [6.07, 6.45) is 2.43. The molecule has 2 aromatic rings. The highest BCUT2D eigenvalue weighted by Gasteiger charge is 2.49. The molecule has 1 unspecified atom stereocenters. The van der Waals surface area contributed by atoms with E-state index in [9.17, 15) is 4.79 Å². The highest BCUT2D eigenvalue weighted by atomic mass is 16.6. The van der Waals surface area contributed by atoms with Gasteiger partial charge in [-0.15, -0.1) is 0 Å². The highest BCUT2D eigenvalue weighted by molar-refractivity contribution is 5.71. The molecule has 7 heteroatoms. The standard InChI is InChI=1S/C17H20N4O3/c1-2-17-11-20(7-8-21(17)16(22)23-12-17)10-13-9-15(19-24-13)14-5-3-4-6-18-14/h3-6,9H,2,7-8,10-12H2,1H3. The molecule has 2 aromatic heterocycles. The third-order valence-corrected chi connectivity index (χ3v) is 4.94. The van der Waals surface area contributed by atoms with Gasteiger partial charge in [0.2, 0.25) is 0 Å². The van der Waals surface area contributed by atoms with Gasteiger partial charge >= 0.3 is 6.09 Å². The Morgan fingerprint density at radius 3 is 3.00 bits per heavy atom. The van der Waals surface area contributed by atoms with Crippen molar-refractivity contribution in [3.05, 3.63) is 36.2 Å². The second-order valence-electron chi connectivity index (χ2n) is 6.39. The first-order valence-electron chi connectivity index (χ1n) is 8.24. The van der Waals surface area contributed by atoms with Crippen molar-refractivity contribution in [2.24, 2.45) is 0 Å². The van der Waals surface area contributed by atoms with E-state index in [1.165, 1.54) is 0 Å². The summed E-state index contributed by atoms with van der Waals surface area (Å²) in [6.45, 7) is 5.52. The Morgan fingerprint density at radius 1 is 1.29 bits per heavy atom. The predicted octanol–water partition coefficient (Wildman–Crippen LogP) is 2.15. The Balaban J connectivity index is 1.47. The minimum atomic E-state index is -0.209. The second-order valence-corrected chi connectivity index (χ2v) is 6.39. The van der Waals surface area contributed by atoms with E-state index in [1.54, 1.807) is 6.20 Å². The Kier molecular flexibility index (Phi) is 3.72. The average Bonchev–Trinajstić information content (AvgIpc) is 3.21. The maximum atomic E-state index is 11.8. The first kappa shape index (κ1) is 15.1. The van der Waals surface area contributed by atoms with E-state index in [2.05, 4.69) is 22.0 Å². The van der Waals surface area contributed by atoms with Gasteiger partial charge in [0.15, 0.2) is 5.76 Å². The molecule has 0 aromatic carbocycles. The van der Waals surface area contributed by atoms with Crippen LogP contribution in [-0.2, 0) is 11.3 Å². The molecule has 24 heavy (non-hydrogen) atoms. The summed E-state index contributed by atoms with van der Waals surface area (Å²) in [6, 6.07) is 7.65. The smallest absolute Gasteiger partial charge is 0.410 e. The lowest BCUT2D eigenvalue weighted by atomic mass is 9.93. The number of nitrogens with zero attached hydrogens (tertiary/aromatic N) is 4. The molecule has 0 radical (unpaired) electrons. The van der Waals surface area contributed by atoms with Gasteiger partial charge in [-0.3, -0.25) is 14.8 Å². The van der Waals surface area contributed by atoms with Crippen LogP contribution < -0.4 is 0 Å². The van der Waals surface area contributed by atoms with E-state index in [1.807, 2.05) is 29.2 Å². The van der Waals surface area contributed by atoms with Gasteiger partial charge in [-0.2, -0.15) is 0 Å². The van der Waals surface area contributed by atoms with E-state index >= 15 is 0 Å². The van der Waals surface area contributed by atoms with Crippen LogP contribution in [0.2, 0.25) is 0 Å². The van der Waals surface area contributed by atoms with E-state index in [4.69, 9.17) is 9.26 Å². The van der Waals surface area contributed by atoms with Crippen molar-refractivity contribution >= 4 is 6.09 Å². The third kappa shape index (κ3) is 2.54. The molecule has 2 aliphatic rings. The number of carbonyl (C=O) groups excluding carboxylic acids is 1. The summed E-state index contributed by atoms with van der Waals surface area (Å²) in [5.41, 5.74) is 1.34. The van der Waals surface area contributed by atoms with Gasteiger partial charge in [0.1, 0.15) is 12.3 Å². The van der Waals surface area contributed by atoms with E-state index < -0.39 is 0 Å². The molecule has 0 aliphatic carbocycles. The van der Waals surface area contributed by atoms with Crippen LogP contribution >= 0.6 is 0 Å². The summed E-state index contributed by atoms with van der Waals surface area (Å²) in [5, 5.41) is 4.11. The van der Waals surface area contributed by atoms with Crippen LogP contribution in [0.5, 0.6) is 0 Å². The number of hydrogen-bond acceptors (Lipinski definition) is 6. The van der Waals surface area contributed by atoms with Crippen LogP contribution in [0, 0.1) is 0 Å². The summed E-state index contributed by atoms with van der Waals surface area (Å²) in [4.78, 5) is 20.3. The van der Waals surface area contributed by atoms with E-state index in [0.717, 1.165) is 36.7 Å². The maximum absolute atomic E-state index is 11.8. The van der Waals surface area contributed by atoms with Gasteiger partial charge in [0, 0.05) is 31.9 Å². The molecule has 4 heterocycles. The predicted molar refractivity (Wildman–Crippen MR) is 86.1 cm³/mol. The fourth-order valence-electron chi connectivity index (χ4n) is 3.52. The van der Waals surface area contributed by atoms with Crippen molar-refractivity contribution in [2.75, 3.05) is 26.2 Å². The van der Waals surface area contributed by atoms with Gasteiger partial charge < -0.3 is 9.26 Å². The van der Waals surface area contributed by atoms with Gasteiger partial charge in [-0.1, -0.05) is 18.1 Å². The van der Waals surface area contributed by atoms with E-state index in [-0.39, 0.29) is 11.6 Å². The number of pyridine rings is 1. The fourth-order valence-corrected chi connectivity index (χ4v) is 3.52. The van der Waals surface area contributed by atoms with Crippen molar-refractivity contribution in [3.8, 4) is 11.4 Å². The third-order valence-electron chi connectivity index (χ3n) is 4.94. The number of cyclic esters (lactones) is 1. The molecule has 4 rings (SSSR count). The van der Waals surface area contributed by atoms with Crippen molar-refractivity contribution in [2.45, 2.75) is 25.4 Å². The van der Waals surface area contributed by atoms with Gasteiger partial charge in [-0.25, -0.2) is 4.79 Å². The minimum Gasteiger partial charge on any atom is -0.447 e. The second kappa shape index (κ2) is 5.90. The first-order valence-corrected chi connectivity index (χ1v) is 8.24. The zero-order valence-electron chi connectivity index (χ0n) is 13.6. The number of aromatic nitrogens is 2. The summed E-state index contributed by atoms with van der Waals surface area (Å²) in [7, 11) is 0. The number of carbonyl (C=O) groups is 1. The molecule has 0 N–H and O–H groups in total. The van der Waals surface area contributed by atoms with Gasteiger partial charge in [-0.05, 0) is 18.6 Å². The molecule has 1 atom stereocenters. The molecule has 126 valence electrons. The number of amides is 1. The monoisotopic (exact) mass is 328 g/mol. The topological polar surface area (TPSA) is 71.7 Å². The largest absolute Gasteiger partial charge is 0.447 e. The molecule has 0 bridgehead atoms. The average molecular weight is 328 g/mol. The SMILES string of the molecule is CCC12COC(=O)N1CCN(Cc1cc(-c3ccccn3)no1)C2. The summed E-state index contributed by atoms with van der Waals surface area (Å²) < 4.78 is 10.7. The maximum Gasteiger partial charge on any atom is 0.410 e. The molecule has 0 spiro atoms. The van der Waals surface area contributed by atoms with Gasteiger partial charge in [0.05, 0.1) is 17.8 Å². The van der Waals surface area contributed by atoms with Crippen LogP contribution in [0.15, 0.2) is 35.0 Å². The molecule has 2 fully saturated rings. The Labute approximate surface area is 140 Å². The van der Waals surface area contributed by atoms with Crippen molar-refractivity contribution in [1.29, 1.82) is 0 Å². The molecule has 7 nitrogen and oxygen atoms in total. The lowest BCUT2D eigenvalue weighted by Crippen LogP contribution is -2.60. The first-order chi connectivity index (χ1) is 11.7. The van der Waals surface area contributed by atoms with Crippen molar-refractivity contribution in [3.63, 3.8) is 0 Å². The minimum absolute atomic E-state index is 0.186. The van der Waals surface area contributed by atoms with Crippen molar-refractivity contribution < 1.29 is 14.1 Å². The lowest BCUT2D eigenvalue weighted by Gasteiger charge is -2.43. The molecule has 1 amide bonds. The van der Waals surface area contributed by atoms with Crippen LogP contribution in [0.1, 0.15) is 19.1 Å². The fraction of sp³-hybridized carbons (Fsp3) is 0.471. The summed E-state index contributed by atoms with van der Waals surface area (Å²) >= 11 is 0. The molecular formula is C17H20N4O3. The zero-order valence-corrected chi connectivity index (χ0v) is 13.6. The Morgan fingerprint density at radius 2 is 2.21 bits per heavy atom. The normalized spacial score (nSPS) is 24.0. The van der Waals surface area contributed by atoms with Crippen LogP contribution in [0.3, 0.4) is 0 Å². The summed E-state index contributed by atoms with van der Waals surface area (Å²) in [5.74, 6) is 0.806. The number of rotatable bonds is 4. The highest BCUT2D eigenvalue weighted by Crippen LogP contribution is 2.32. The molecule has 0 saturated carbocycles. The molecule has 2 aliphatic heterocycles. The number of hydrogen-bond donors (Lipinski definition) is 0. The number of fused-ring (bicyclic) bond motifs is 1. The van der Waals surface area contributed by atoms with Crippen LogP contribution in [-0.4, -0.2) is 57.8 Å².